The Labute approximate surface area is 224 Å². The van der Waals surface area contributed by atoms with E-state index in [9.17, 15) is 13.6 Å². The first kappa shape index (κ1) is 27.4. The number of carbonyl (C=O) groups is 1. The van der Waals surface area contributed by atoms with Crippen LogP contribution in [0.5, 0.6) is 0 Å². The molecule has 0 spiro atoms. The number of aromatic amines is 1. The lowest BCUT2D eigenvalue weighted by Crippen LogP contribution is -2.14. The maximum Gasteiger partial charge on any atom is 0.295 e. The molecule has 1 saturated carbocycles. The molecule has 0 aliphatic heterocycles. The topological polar surface area (TPSA) is 104 Å². The number of hydrogen-bond donors (Lipinski definition) is 3. The van der Waals surface area contributed by atoms with E-state index in [1.165, 1.54) is 11.9 Å². The van der Waals surface area contributed by atoms with E-state index in [0.29, 0.717) is 11.2 Å². The molecule has 1 amide bonds. The highest BCUT2D eigenvalue weighted by molar-refractivity contribution is 7.99. The fourth-order valence-electron chi connectivity index (χ4n) is 3.94. The normalized spacial score (nSPS) is 12.9. The first-order valence-corrected chi connectivity index (χ1v) is 13.6. The van der Waals surface area contributed by atoms with Crippen LogP contribution in [-0.4, -0.2) is 43.9 Å². The summed E-state index contributed by atoms with van der Waals surface area (Å²) in [5.41, 5.74) is 5.60. The number of H-pyrrole nitrogens is 1. The van der Waals surface area contributed by atoms with Crippen molar-refractivity contribution in [1.82, 2.24) is 24.7 Å². The molecule has 38 heavy (non-hydrogen) atoms. The number of nitrogens with one attached hydrogen (secondary N) is 3. The van der Waals surface area contributed by atoms with Crippen molar-refractivity contribution in [2.75, 3.05) is 28.2 Å². The molecule has 0 radical (unpaired) electrons. The highest BCUT2D eigenvalue weighted by Crippen LogP contribution is 2.38. The SMILES string of the molecule is CC.CSN(C)c1cc(-c2cnn(C)c2C)ccc1Nc1cc(NC(=O)C2CC2)nc2nc(C(F)F)[nH]c12. The second-order valence-electron chi connectivity index (χ2n) is 8.74. The van der Waals surface area contributed by atoms with Gasteiger partial charge in [-0.2, -0.15) is 5.10 Å². The molecule has 1 aliphatic rings. The summed E-state index contributed by atoms with van der Waals surface area (Å²) in [6, 6.07) is 7.60. The molecule has 1 fully saturated rings. The van der Waals surface area contributed by atoms with Crippen LogP contribution in [0.4, 0.5) is 31.7 Å². The Morgan fingerprint density at radius 2 is 1.95 bits per heavy atom. The average Bonchev–Trinajstić information content (AvgIpc) is 3.60. The lowest BCUT2D eigenvalue weighted by atomic mass is 10.0. The first-order chi connectivity index (χ1) is 18.2. The van der Waals surface area contributed by atoms with Gasteiger partial charge in [-0.3, -0.25) is 9.48 Å². The summed E-state index contributed by atoms with van der Waals surface area (Å²) in [5.74, 6) is -0.372. The van der Waals surface area contributed by atoms with Gasteiger partial charge in [-0.1, -0.05) is 31.9 Å². The Morgan fingerprint density at radius 1 is 1.21 bits per heavy atom. The zero-order valence-electron chi connectivity index (χ0n) is 22.3. The largest absolute Gasteiger partial charge is 0.352 e. The van der Waals surface area contributed by atoms with Crippen molar-refractivity contribution < 1.29 is 13.6 Å². The Balaban J connectivity index is 0.00000164. The molecule has 1 aliphatic carbocycles. The van der Waals surface area contributed by atoms with Crippen LogP contribution in [0.25, 0.3) is 22.3 Å². The number of aromatic nitrogens is 5. The van der Waals surface area contributed by atoms with Crippen LogP contribution in [0.3, 0.4) is 0 Å². The lowest BCUT2D eigenvalue weighted by molar-refractivity contribution is -0.117. The van der Waals surface area contributed by atoms with Crippen LogP contribution in [0, 0.1) is 12.8 Å². The van der Waals surface area contributed by atoms with Crippen LogP contribution in [0.2, 0.25) is 0 Å². The van der Waals surface area contributed by atoms with Gasteiger partial charge in [0.15, 0.2) is 11.5 Å². The number of carbonyl (C=O) groups excluding carboxylic acids is 1. The Kier molecular flexibility index (Phi) is 8.20. The summed E-state index contributed by atoms with van der Waals surface area (Å²) in [6.07, 6.45) is 2.69. The van der Waals surface area contributed by atoms with Crippen LogP contribution < -0.4 is 14.9 Å². The molecule has 4 aromatic rings. The fraction of sp³-hybridized carbons (Fsp3) is 0.385. The van der Waals surface area contributed by atoms with Gasteiger partial charge in [-0.05, 0) is 37.5 Å². The monoisotopic (exact) mass is 542 g/mol. The number of imidazole rings is 1. The molecule has 202 valence electrons. The van der Waals surface area contributed by atoms with E-state index >= 15 is 0 Å². The highest BCUT2D eigenvalue weighted by Gasteiger charge is 2.30. The van der Waals surface area contributed by atoms with Crippen molar-refractivity contribution in [1.29, 1.82) is 0 Å². The number of aryl methyl sites for hydroxylation is 1. The van der Waals surface area contributed by atoms with Gasteiger partial charge in [0.2, 0.25) is 5.91 Å². The minimum atomic E-state index is -2.78. The number of nitrogens with zero attached hydrogens (tertiary/aromatic N) is 5. The minimum absolute atomic E-state index is 0.0278. The summed E-state index contributed by atoms with van der Waals surface area (Å²) in [7, 11) is 3.84. The van der Waals surface area contributed by atoms with E-state index in [-0.39, 0.29) is 23.3 Å². The van der Waals surface area contributed by atoms with Crippen molar-refractivity contribution in [2.24, 2.45) is 13.0 Å². The fourth-order valence-corrected chi connectivity index (χ4v) is 4.28. The van der Waals surface area contributed by atoms with Crippen molar-refractivity contribution in [2.45, 2.75) is 40.0 Å². The molecule has 12 heteroatoms. The number of hydrogen-bond acceptors (Lipinski definition) is 7. The quantitative estimate of drug-likeness (QED) is 0.220. The van der Waals surface area contributed by atoms with E-state index in [4.69, 9.17) is 0 Å². The smallest absolute Gasteiger partial charge is 0.295 e. The molecular weight excluding hydrogens is 510 g/mol. The number of amides is 1. The van der Waals surface area contributed by atoms with Gasteiger partial charge in [-0.15, -0.1) is 0 Å². The van der Waals surface area contributed by atoms with E-state index < -0.39 is 12.2 Å². The first-order valence-electron chi connectivity index (χ1n) is 12.4. The number of anilines is 4. The van der Waals surface area contributed by atoms with E-state index in [1.54, 1.807) is 6.07 Å². The molecule has 0 saturated heterocycles. The van der Waals surface area contributed by atoms with Gasteiger partial charge < -0.3 is 19.9 Å². The molecule has 3 N–H and O–H groups in total. The van der Waals surface area contributed by atoms with E-state index in [0.717, 1.165) is 41.0 Å². The Hall–Kier alpha value is -3.67. The number of halogens is 2. The van der Waals surface area contributed by atoms with Crippen LogP contribution >= 0.6 is 11.9 Å². The van der Waals surface area contributed by atoms with Crippen molar-refractivity contribution in [3.05, 3.63) is 42.0 Å². The number of fused-ring (bicyclic) bond motifs is 1. The van der Waals surface area contributed by atoms with Gasteiger partial charge >= 0.3 is 0 Å². The molecule has 0 bridgehead atoms. The van der Waals surface area contributed by atoms with Crippen LogP contribution in [0.15, 0.2) is 30.5 Å². The lowest BCUT2D eigenvalue weighted by Gasteiger charge is -2.22. The zero-order valence-corrected chi connectivity index (χ0v) is 23.1. The molecule has 0 unspecified atom stereocenters. The highest BCUT2D eigenvalue weighted by atomic mass is 32.2. The summed E-state index contributed by atoms with van der Waals surface area (Å²) in [4.78, 5) is 23.3. The van der Waals surface area contributed by atoms with Gasteiger partial charge in [0, 0.05) is 43.6 Å². The summed E-state index contributed by atoms with van der Waals surface area (Å²) >= 11 is 1.53. The summed E-state index contributed by atoms with van der Waals surface area (Å²) in [6.45, 7) is 6.01. The van der Waals surface area contributed by atoms with E-state index in [2.05, 4.69) is 36.8 Å². The second kappa shape index (κ2) is 11.4. The van der Waals surface area contributed by atoms with Crippen LogP contribution in [-0.2, 0) is 11.8 Å². The number of rotatable bonds is 8. The number of benzene rings is 1. The Bertz CT molecular complexity index is 1450. The van der Waals surface area contributed by atoms with Gasteiger partial charge in [0.05, 0.1) is 23.3 Å². The van der Waals surface area contributed by atoms with Gasteiger partial charge in [-0.25, -0.2) is 18.7 Å². The standard InChI is InChI=1S/C24H26F2N8OS.C2H6/c1-12-15(11-27-33(12)2)14-7-8-16(18(9-14)34(3)36-4)28-17-10-19(30-24(35)13-5-6-13)29-22-20(17)31-23(32-22)21(25)26;1-2/h7-11,13,21H,5-6H2,1-4H3,(H3,28,29,30,31,32,35);1-2H3. The molecule has 3 aromatic heterocycles. The predicted molar refractivity (Wildman–Crippen MR) is 150 cm³/mol. The number of alkyl halides is 2. The molecule has 0 atom stereocenters. The summed E-state index contributed by atoms with van der Waals surface area (Å²) < 4.78 is 30.7. The van der Waals surface area contributed by atoms with Crippen molar-refractivity contribution >= 4 is 51.9 Å². The molecule has 1 aromatic carbocycles. The Morgan fingerprint density at radius 3 is 2.55 bits per heavy atom. The second-order valence-corrected chi connectivity index (χ2v) is 9.66. The minimum Gasteiger partial charge on any atom is -0.352 e. The maximum absolute atomic E-state index is 13.4. The van der Waals surface area contributed by atoms with Crippen molar-refractivity contribution in [3.63, 3.8) is 0 Å². The third-order valence-corrected chi connectivity index (χ3v) is 7.06. The third-order valence-electron chi connectivity index (χ3n) is 6.31. The van der Waals surface area contributed by atoms with Gasteiger partial charge in [0.25, 0.3) is 6.43 Å². The zero-order chi connectivity index (χ0) is 27.6. The third kappa shape index (κ3) is 5.59. The molecule has 5 rings (SSSR count). The molecule has 9 nitrogen and oxygen atoms in total. The average molecular weight is 543 g/mol. The van der Waals surface area contributed by atoms with Gasteiger partial charge in [0.1, 0.15) is 11.3 Å². The van der Waals surface area contributed by atoms with Crippen LogP contribution in [0.1, 0.15) is 44.6 Å². The number of pyridine rings is 1. The summed E-state index contributed by atoms with van der Waals surface area (Å²) in [5, 5.41) is 10.5. The molecule has 3 heterocycles. The van der Waals surface area contributed by atoms with Crippen molar-refractivity contribution in [3.8, 4) is 11.1 Å². The predicted octanol–water partition coefficient (Wildman–Crippen LogP) is 6.44. The maximum atomic E-state index is 13.4. The molecular formula is C26H32F2N8OS. The van der Waals surface area contributed by atoms with E-state index in [1.807, 2.05) is 68.4 Å².